The zero-order valence-corrected chi connectivity index (χ0v) is 11.9. The van der Waals surface area contributed by atoms with Gasteiger partial charge in [0.25, 0.3) is 0 Å². The minimum atomic E-state index is -1.01. The number of halogens is 2. The maximum absolute atomic E-state index is 13.1. The monoisotopic (exact) mass is 282 g/mol. The van der Waals surface area contributed by atoms with E-state index in [2.05, 4.69) is 6.92 Å². The van der Waals surface area contributed by atoms with E-state index >= 15 is 0 Å². The van der Waals surface area contributed by atoms with Crippen LogP contribution >= 0.6 is 0 Å². The third-order valence-corrected chi connectivity index (χ3v) is 3.86. The maximum atomic E-state index is 13.1. The van der Waals surface area contributed by atoms with Crippen LogP contribution in [0.25, 0.3) is 0 Å². The lowest BCUT2D eigenvalue weighted by Gasteiger charge is -2.28. The highest BCUT2D eigenvalue weighted by molar-refractivity contribution is 5.99. The molecular weight excluding hydrogens is 262 g/mol. The van der Waals surface area contributed by atoms with Gasteiger partial charge in [0.1, 0.15) is 6.10 Å². The molecule has 2 rings (SSSR count). The van der Waals surface area contributed by atoms with Gasteiger partial charge in [-0.3, -0.25) is 4.79 Å². The normalized spacial score (nSPS) is 24.4. The molecule has 0 spiro atoms. The molecule has 1 fully saturated rings. The van der Waals surface area contributed by atoms with Crippen molar-refractivity contribution in [2.24, 2.45) is 5.92 Å². The van der Waals surface area contributed by atoms with E-state index < -0.39 is 17.7 Å². The number of benzene rings is 1. The van der Waals surface area contributed by atoms with Crippen LogP contribution in [0.15, 0.2) is 18.2 Å². The SMILES string of the molecule is CC1CCCC(OC(C)C(=O)c2ccc(F)c(F)c2)C1. The molecule has 1 aromatic carbocycles. The Labute approximate surface area is 118 Å². The first kappa shape index (κ1) is 15.1. The molecule has 1 aliphatic rings. The van der Waals surface area contributed by atoms with E-state index in [1.165, 1.54) is 12.5 Å². The predicted molar refractivity (Wildman–Crippen MR) is 72.7 cm³/mol. The molecule has 0 N–H and O–H groups in total. The van der Waals surface area contributed by atoms with E-state index in [4.69, 9.17) is 4.74 Å². The van der Waals surface area contributed by atoms with Crippen molar-refractivity contribution in [1.82, 2.24) is 0 Å². The number of hydrogen-bond acceptors (Lipinski definition) is 2. The van der Waals surface area contributed by atoms with Gasteiger partial charge in [-0.05, 0) is 43.9 Å². The second-order valence-corrected chi connectivity index (χ2v) is 5.67. The van der Waals surface area contributed by atoms with Crippen LogP contribution in [0.5, 0.6) is 0 Å². The fraction of sp³-hybridized carbons (Fsp3) is 0.562. The van der Waals surface area contributed by atoms with Crippen LogP contribution in [0.3, 0.4) is 0 Å². The van der Waals surface area contributed by atoms with Gasteiger partial charge in [-0.15, -0.1) is 0 Å². The molecule has 1 aliphatic carbocycles. The molecule has 1 saturated carbocycles. The smallest absolute Gasteiger partial charge is 0.191 e. The summed E-state index contributed by atoms with van der Waals surface area (Å²) in [4.78, 5) is 12.1. The van der Waals surface area contributed by atoms with Crippen molar-refractivity contribution in [1.29, 1.82) is 0 Å². The number of Topliss-reactive ketones (excluding diaryl/α,β-unsaturated/α-hetero) is 1. The van der Waals surface area contributed by atoms with Gasteiger partial charge in [0.15, 0.2) is 17.4 Å². The Morgan fingerprint density at radius 3 is 2.70 bits per heavy atom. The van der Waals surface area contributed by atoms with Gasteiger partial charge in [-0.2, -0.15) is 0 Å². The van der Waals surface area contributed by atoms with Crippen LogP contribution in [-0.2, 0) is 4.74 Å². The first-order valence-corrected chi connectivity index (χ1v) is 7.12. The minimum absolute atomic E-state index is 0.0861. The lowest BCUT2D eigenvalue weighted by atomic mass is 9.88. The Bertz CT molecular complexity index is 487. The highest BCUT2D eigenvalue weighted by atomic mass is 19.2. The molecule has 110 valence electrons. The second-order valence-electron chi connectivity index (χ2n) is 5.67. The first-order chi connectivity index (χ1) is 9.47. The van der Waals surface area contributed by atoms with Gasteiger partial charge >= 0.3 is 0 Å². The minimum Gasteiger partial charge on any atom is -0.367 e. The van der Waals surface area contributed by atoms with Gasteiger partial charge in [-0.25, -0.2) is 8.78 Å². The molecular formula is C16H20F2O2. The van der Waals surface area contributed by atoms with Crippen LogP contribution < -0.4 is 0 Å². The van der Waals surface area contributed by atoms with Gasteiger partial charge in [0, 0.05) is 5.56 Å². The Hall–Kier alpha value is -1.29. The van der Waals surface area contributed by atoms with Crippen LogP contribution in [0, 0.1) is 17.6 Å². The van der Waals surface area contributed by atoms with Crippen LogP contribution in [-0.4, -0.2) is 18.0 Å². The standard InChI is InChI=1S/C16H20F2O2/c1-10-4-3-5-13(8-10)20-11(2)16(19)12-6-7-14(17)15(18)9-12/h6-7,9-11,13H,3-5,8H2,1-2H3. The summed E-state index contributed by atoms with van der Waals surface area (Å²) in [5, 5.41) is 0. The van der Waals surface area contributed by atoms with E-state index in [1.807, 2.05) is 0 Å². The second kappa shape index (κ2) is 6.44. The van der Waals surface area contributed by atoms with E-state index in [0.717, 1.165) is 31.4 Å². The average Bonchev–Trinajstić information content (AvgIpc) is 2.41. The molecule has 3 atom stereocenters. The molecule has 0 aliphatic heterocycles. The topological polar surface area (TPSA) is 26.3 Å². The summed E-state index contributed by atoms with van der Waals surface area (Å²) in [5.41, 5.74) is 0.153. The van der Waals surface area contributed by atoms with Crippen LogP contribution in [0.4, 0.5) is 8.78 Å². The average molecular weight is 282 g/mol. The molecule has 0 heterocycles. The maximum Gasteiger partial charge on any atom is 0.191 e. The molecule has 20 heavy (non-hydrogen) atoms. The summed E-state index contributed by atoms with van der Waals surface area (Å²) in [6, 6.07) is 3.20. The Kier molecular flexibility index (Phi) is 4.86. The van der Waals surface area contributed by atoms with Crippen molar-refractivity contribution in [2.45, 2.75) is 51.7 Å². The molecule has 0 radical (unpaired) electrons. The van der Waals surface area contributed by atoms with Gasteiger partial charge in [-0.1, -0.05) is 19.8 Å². The van der Waals surface area contributed by atoms with E-state index in [-0.39, 0.29) is 17.5 Å². The lowest BCUT2D eigenvalue weighted by Crippen LogP contribution is -2.30. The number of ketones is 1. The molecule has 0 bridgehead atoms. The van der Waals surface area contributed by atoms with Crippen molar-refractivity contribution in [3.8, 4) is 0 Å². The molecule has 0 aromatic heterocycles. The van der Waals surface area contributed by atoms with Gasteiger partial charge in [0.2, 0.25) is 0 Å². The predicted octanol–water partition coefficient (Wildman–Crippen LogP) is 4.13. The summed E-state index contributed by atoms with van der Waals surface area (Å²) in [6.45, 7) is 3.85. The van der Waals surface area contributed by atoms with E-state index in [0.29, 0.717) is 5.92 Å². The Balaban J connectivity index is 1.99. The first-order valence-electron chi connectivity index (χ1n) is 7.12. The summed E-state index contributed by atoms with van der Waals surface area (Å²) in [5.74, 6) is -1.65. The third-order valence-electron chi connectivity index (χ3n) is 3.86. The fourth-order valence-corrected chi connectivity index (χ4v) is 2.74. The number of carbonyl (C=O) groups is 1. The van der Waals surface area contributed by atoms with Crippen molar-refractivity contribution in [3.05, 3.63) is 35.4 Å². The number of ether oxygens (including phenoxy) is 1. The third kappa shape index (κ3) is 3.63. The fourth-order valence-electron chi connectivity index (χ4n) is 2.74. The number of rotatable bonds is 4. The van der Waals surface area contributed by atoms with Crippen LogP contribution in [0.1, 0.15) is 49.9 Å². The van der Waals surface area contributed by atoms with Crippen molar-refractivity contribution >= 4 is 5.78 Å². The van der Waals surface area contributed by atoms with Gasteiger partial charge < -0.3 is 4.74 Å². The zero-order valence-electron chi connectivity index (χ0n) is 11.9. The summed E-state index contributed by atoms with van der Waals surface area (Å²) < 4.78 is 31.8. The van der Waals surface area contributed by atoms with Crippen molar-refractivity contribution in [2.75, 3.05) is 0 Å². The number of hydrogen-bond donors (Lipinski definition) is 0. The van der Waals surface area contributed by atoms with Gasteiger partial charge in [0.05, 0.1) is 6.10 Å². The zero-order chi connectivity index (χ0) is 14.7. The molecule has 0 amide bonds. The Morgan fingerprint density at radius 2 is 2.05 bits per heavy atom. The quantitative estimate of drug-likeness (QED) is 0.776. The Morgan fingerprint density at radius 1 is 1.30 bits per heavy atom. The molecule has 2 nitrogen and oxygen atoms in total. The van der Waals surface area contributed by atoms with Crippen molar-refractivity contribution in [3.63, 3.8) is 0 Å². The van der Waals surface area contributed by atoms with E-state index in [1.54, 1.807) is 6.92 Å². The largest absolute Gasteiger partial charge is 0.367 e. The molecule has 1 aromatic rings. The molecule has 0 saturated heterocycles. The number of carbonyl (C=O) groups excluding carboxylic acids is 1. The highest BCUT2D eigenvalue weighted by Crippen LogP contribution is 2.27. The molecule has 3 unspecified atom stereocenters. The molecule has 4 heteroatoms. The summed E-state index contributed by atoms with van der Waals surface area (Å²) in [6.07, 6.45) is 3.68. The summed E-state index contributed by atoms with van der Waals surface area (Å²) >= 11 is 0. The van der Waals surface area contributed by atoms with Crippen molar-refractivity contribution < 1.29 is 18.3 Å². The highest BCUT2D eigenvalue weighted by Gasteiger charge is 2.25. The lowest BCUT2D eigenvalue weighted by molar-refractivity contribution is -0.0200. The summed E-state index contributed by atoms with van der Waals surface area (Å²) in [7, 11) is 0. The van der Waals surface area contributed by atoms with Crippen LogP contribution in [0.2, 0.25) is 0 Å². The van der Waals surface area contributed by atoms with E-state index in [9.17, 15) is 13.6 Å².